The van der Waals surface area contributed by atoms with Crippen LogP contribution in [0.15, 0.2) is 27.8 Å². The van der Waals surface area contributed by atoms with Crippen molar-refractivity contribution >= 4 is 11.9 Å². The lowest BCUT2D eigenvalue weighted by Gasteiger charge is -2.37. The van der Waals surface area contributed by atoms with E-state index in [1.54, 1.807) is 13.3 Å². The average molecular weight is 347 g/mol. The molecule has 0 spiro atoms. The number of furan rings is 1. The summed E-state index contributed by atoms with van der Waals surface area (Å²) in [7, 11) is 1.80. The van der Waals surface area contributed by atoms with Gasteiger partial charge in [0.1, 0.15) is 5.76 Å². The fourth-order valence-corrected chi connectivity index (χ4v) is 3.46. The van der Waals surface area contributed by atoms with E-state index < -0.39 is 0 Å². The van der Waals surface area contributed by atoms with E-state index in [2.05, 4.69) is 20.1 Å². The minimum atomic E-state index is 0.286. The summed E-state index contributed by atoms with van der Waals surface area (Å²) in [5.74, 6) is 2.07. The van der Waals surface area contributed by atoms with Crippen molar-refractivity contribution in [3.8, 4) is 0 Å². The molecule has 0 aromatic carbocycles. The lowest BCUT2D eigenvalue weighted by Crippen LogP contribution is -2.54. The maximum atomic E-state index is 12.4. The van der Waals surface area contributed by atoms with Crippen LogP contribution in [0.1, 0.15) is 25.0 Å². The number of carbonyl (C=O) groups excluding carboxylic acids is 1. The highest BCUT2D eigenvalue weighted by Crippen LogP contribution is 2.10. The summed E-state index contributed by atoms with van der Waals surface area (Å²) < 4.78 is 5.35. The summed E-state index contributed by atoms with van der Waals surface area (Å²) in [6.07, 6.45) is 5.23. The average Bonchev–Trinajstić information content (AvgIpc) is 3.18. The Hall–Kier alpha value is -2.02. The molecule has 0 unspecified atom stereocenters. The van der Waals surface area contributed by atoms with Crippen LogP contribution < -0.4 is 5.32 Å². The first-order valence-electron chi connectivity index (χ1n) is 9.24. The summed E-state index contributed by atoms with van der Waals surface area (Å²) in [5, 5.41) is 3.34. The van der Waals surface area contributed by atoms with Crippen LogP contribution in [0.2, 0.25) is 0 Å². The van der Waals surface area contributed by atoms with Gasteiger partial charge in [-0.25, -0.2) is 0 Å². The monoisotopic (exact) mass is 347 g/mol. The molecular weight excluding hydrogens is 318 g/mol. The van der Waals surface area contributed by atoms with Crippen molar-refractivity contribution in [1.82, 2.24) is 20.0 Å². The van der Waals surface area contributed by atoms with Crippen LogP contribution >= 0.6 is 0 Å². The largest absolute Gasteiger partial charge is 0.467 e. The number of aliphatic imine (C=N–C) groups is 1. The van der Waals surface area contributed by atoms with Crippen LogP contribution in [0.4, 0.5) is 0 Å². The third-order valence-electron chi connectivity index (χ3n) is 4.95. The Labute approximate surface area is 149 Å². The van der Waals surface area contributed by atoms with E-state index in [-0.39, 0.29) is 5.91 Å². The first kappa shape index (κ1) is 17.8. The van der Waals surface area contributed by atoms with Gasteiger partial charge in [0.25, 0.3) is 0 Å². The zero-order chi connectivity index (χ0) is 17.5. The molecular formula is C18H29N5O2. The van der Waals surface area contributed by atoms with E-state index in [0.29, 0.717) is 13.1 Å². The Kier molecular flexibility index (Phi) is 6.33. The van der Waals surface area contributed by atoms with Crippen molar-refractivity contribution in [2.45, 2.75) is 25.8 Å². The van der Waals surface area contributed by atoms with Crippen LogP contribution in [0.3, 0.4) is 0 Å². The van der Waals surface area contributed by atoms with Gasteiger partial charge in [-0.05, 0) is 31.4 Å². The standard InChI is InChI=1S/C18H29N5O2/c1-19-18(20-14-16-6-5-13-25-16)23-11-9-21(10-12-23)15-17(24)22-7-3-2-4-8-22/h5-6,13H,2-4,7-12,14-15H2,1H3,(H,19,20). The van der Waals surface area contributed by atoms with Gasteiger partial charge in [0.2, 0.25) is 5.91 Å². The molecule has 3 rings (SSSR count). The van der Waals surface area contributed by atoms with Gasteiger partial charge in [0, 0.05) is 46.3 Å². The summed E-state index contributed by atoms with van der Waals surface area (Å²) >= 11 is 0. The van der Waals surface area contributed by atoms with Crippen LogP contribution in [-0.4, -0.2) is 79.4 Å². The van der Waals surface area contributed by atoms with Gasteiger partial charge in [0.15, 0.2) is 5.96 Å². The number of piperazine rings is 1. The number of rotatable bonds is 4. The lowest BCUT2D eigenvalue weighted by atomic mass is 10.1. The lowest BCUT2D eigenvalue weighted by molar-refractivity contribution is -0.133. The maximum absolute atomic E-state index is 12.4. The summed E-state index contributed by atoms with van der Waals surface area (Å²) in [4.78, 5) is 23.3. The fourth-order valence-electron chi connectivity index (χ4n) is 3.46. The van der Waals surface area contributed by atoms with Crippen LogP contribution in [-0.2, 0) is 11.3 Å². The number of nitrogens with zero attached hydrogens (tertiary/aromatic N) is 4. The number of piperidine rings is 1. The van der Waals surface area contributed by atoms with Crippen molar-refractivity contribution in [3.05, 3.63) is 24.2 Å². The molecule has 1 aromatic heterocycles. The number of guanidine groups is 1. The third kappa shape index (κ3) is 4.98. The molecule has 2 fully saturated rings. The normalized spacial score (nSPS) is 20.0. The Morgan fingerprint density at radius 2 is 1.88 bits per heavy atom. The molecule has 0 radical (unpaired) electrons. The SMILES string of the molecule is CN=C(NCc1ccco1)N1CCN(CC(=O)N2CCCCC2)CC1. The van der Waals surface area contributed by atoms with Crippen LogP contribution in [0, 0.1) is 0 Å². The third-order valence-corrected chi connectivity index (χ3v) is 4.95. The second-order valence-electron chi connectivity index (χ2n) is 6.68. The number of amides is 1. The smallest absolute Gasteiger partial charge is 0.236 e. The molecule has 0 bridgehead atoms. The zero-order valence-electron chi connectivity index (χ0n) is 15.1. The number of hydrogen-bond donors (Lipinski definition) is 1. The Morgan fingerprint density at radius 1 is 1.12 bits per heavy atom. The van der Waals surface area contributed by atoms with E-state index in [9.17, 15) is 4.79 Å². The summed E-state index contributed by atoms with van der Waals surface area (Å²) in [5.41, 5.74) is 0. The first-order valence-corrected chi connectivity index (χ1v) is 9.24. The molecule has 0 saturated carbocycles. The maximum Gasteiger partial charge on any atom is 0.236 e. The van der Waals surface area contributed by atoms with Crippen LogP contribution in [0.25, 0.3) is 0 Å². The van der Waals surface area contributed by atoms with Gasteiger partial charge in [-0.1, -0.05) is 0 Å². The number of likely N-dealkylation sites (tertiary alicyclic amines) is 1. The molecule has 0 atom stereocenters. The number of hydrogen-bond acceptors (Lipinski definition) is 4. The molecule has 25 heavy (non-hydrogen) atoms. The minimum Gasteiger partial charge on any atom is -0.467 e. The zero-order valence-corrected chi connectivity index (χ0v) is 15.1. The van der Waals surface area contributed by atoms with E-state index in [1.165, 1.54) is 6.42 Å². The van der Waals surface area contributed by atoms with Gasteiger partial charge >= 0.3 is 0 Å². The van der Waals surface area contributed by atoms with Gasteiger partial charge in [-0.2, -0.15) is 0 Å². The molecule has 2 aliphatic heterocycles. The number of nitrogens with one attached hydrogen (secondary N) is 1. The number of carbonyl (C=O) groups is 1. The molecule has 7 heteroatoms. The van der Waals surface area contributed by atoms with E-state index >= 15 is 0 Å². The van der Waals surface area contributed by atoms with Gasteiger partial charge in [-0.3, -0.25) is 14.7 Å². The van der Waals surface area contributed by atoms with E-state index in [4.69, 9.17) is 4.42 Å². The van der Waals surface area contributed by atoms with Crippen molar-refractivity contribution in [2.75, 3.05) is 52.9 Å². The predicted molar refractivity (Wildman–Crippen MR) is 97.4 cm³/mol. The van der Waals surface area contributed by atoms with Gasteiger partial charge < -0.3 is 19.5 Å². The predicted octanol–water partition coefficient (Wildman–Crippen LogP) is 0.985. The molecule has 1 amide bonds. The second-order valence-corrected chi connectivity index (χ2v) is 6.68. The summed E-state index contributed by atoms with van der Waals surface area (Å²) in [6, 6.07) is 3.84. The Balaban J connectivity index is 1.41. The minimum absolute atomic E-state index is 0.286. The second kappa shape index (κ2) is 8.89. The molecule has 0 aliphatic carbocycles. The topological polar surface area (TPSA) is 64.3 Å². The Bertz CT molecular complexity index is 558. The van der Waals surface area contributed by atoms with Crippen molar-refractivity contribution < 1.29 is 9.21 Å². The van der Waals surface area contributed by atoms with Crippen molar-refractivity contribution in [1.29, 1.82) is 0 Å². The molecule has 7 nitrogen and oxygen atoms in total. The molecule has 138 valence electrons. The molecule has 2 aliphatic rings. The van der Waals surface area contributed by atoms with E-state index in [0.717, 1.165) is 63.8 Å². The Morgan fingerprint density at radius 3 is 2.52 bits per heavy atom. The van der Waals surface area contributed by atoms with Gasteiger partial charge in [-0.15, -0.1) is 0 Å². The highest BCUT2D eigenvalue weighted by Gasteiger charge is 2.24. The molecule has 2 saturated heterocycles. The molecule has 3 heterocycles. The quantitative estimate of drug-likeness (QED) is 0.650. The fraction of sp³-hybridized carbons (Fsp3) is 0.667. The van der Waals surface area contributed by atoms with Crippen molar-refractivity contribution in [2.24, 2.45) is 4.99 Å². The molecule has 1 N–H and O–H groups in total. The van der Waals surface area contributed by atoms with Crippen LogP contribution in [0.5, 0.6) is 0 Å². The molecule has 1 aromatic rings. The summed E-state index contributed by atoms with van der Waals surface area (Å²) in [6.45, 7) is 6.59. The first-order chi connectivity index (χ1) is 12.3. The highest BCUT2D eigenvalue weighted by molar-refractivity contribution is 5.80. The van der Waals surface area contributed by atoms with E-state index in [1.807, 2.05) is 17.0 Å². The highest BCUT2D eigenvalue weighted by atomic mass is 16.3. The van der Waals surface area contributed by atoms with Gasteiger partial charge in [0.05, 0.1) is 19.4 Å². The van der Waals surface area contributed by atoms with Crippen molar-refractivity contribution in [3.63, 3.8) is 0 Å².